The largest absolute Gasteiger partial charge is 0.299 e. The zero-order valence-corrected chi connectivity index (χ0v) is 7.72. The van der Waals surface area contributed by atoms with Crippen LogP contribution in [0.15, 0.2) is 13.2 Å². The number of hydrogen-bond acceptors (Lipinski definition) is 3. The Labute approximate surface area is 72.5 Å². The Morgan fingerprint density at radius 2 is 1.00 bits per heavy atom. The van der Waals surface area contributed by atoms with Crippen molar-refractivity contribution in [2.45, 2.75) is 20.8 Å². The molecule has 0 aliphatic rings. The van der Waals surface area contributed by atoms with E-state index in [2.05, 4.69) is 13.2 Å². The van der Waals surface area contributed by atoms with Crippen molar-refractivity contribution in [3.8, 4) is 0 Å². The van der Waals surface area contributed by atoms with Gasteiger partial charge in [-0.15, -0.1) is 13.2 Å². The van der Waals surface area contributed by atoms with Gasteiger partial charge in [-0.2, -0.15) is 0 Å². The Morgan fingerprint density at radius 3 is 1.00 bits per heavy atom. The van der Waals surface area contributed by atoms with Crippen LogP contribution in [-0.2, 0) is 14.4 Å². The van der Waals surface area contributed by atoms with Gasteiger partial charge in [-0.25, -0.2) is 0 Å². The maximum atomic E-state index is 10.6. The van der Waals surface area contributed by atoms with Crippen LogP contribution < -0.4 is 0 Å². The molecule has 0 rings (SSSR count). The first-order valence-electron chi connectivity index (χ1n) is 3.48. The molecule has 0 bridgehead atoms. The molecule has 3 heteroatoms. The topological polar surface area (TPSA) is 51.2 Å². The van der Waals surface area contributed by atoms with E-state index in [1.165, 1.54) is 20.8 Å². The van der Waals surface area contributed by atoms with E-state index in [9.17, 15) is 14.4 Å². The van der Waals surface area contributed by atoms with Crippen molar-refractivity contribution in [2.75, 3.05) is 0 Å². The van der Waals surface area contributed by atoms with Crippen LogP contribution in [0, 0.1) is 5.92 Å². The van der Waals surface area contributed by atoms with Crippen LogP contribution in [0.3, 0.4) is 0 Å². The molecule has 0 N–H and O–H groups in total. The molecule has 3 nitrogen and oxygen atoms in total. The lowest BCUT2D eigenvalue weighted by molar-refractivity contribution is -0.137. The average molecular weight is 170 g/mol. The summed E-state index contributed by atoms with van der Waals surface area (Å²) in [6.45, 7) is 9.73. The molecule has 0 fully saturated rings. The van der Waals surface area contributed by atoms with Crippen molar-refractivity contribution in [2.24, 2.45) is 5.92 Å². The molecule has 0 unspecified atom stereocenters. The predicted octanol–water partition coefficient (Wildman–Crippen LogP) is 1.17. The van der Waals surface area contributed by atoms with E-state index in [-0.39, 0.29) is 17.3 Å². The van der Waals surface area contributed by atoms with Crippen molar-refractivity contribution in [3.63, 3.8) is 0 Å². The third kappa shape index (κ3) is 4.55. The standard InChI is InChI=1S/C7H10O3.C2H4/c1-4(8)7(5(2)9)6(3)10;1-2/h7H,1-3H3;1-2H2. The summed E-state index contributed by atoms with van der Waals surface area (Å²) in [6.07, 6.45) is 0. The van der Waals surface area contributed by atoms with Gasteiger partial charge in [0.15, 0.2) is 0 Å². The van der Waals surface area contributed by atoms with E-state index < -0.39 is 5.92 Å². The maximum absolute atomic E-state index is 10.6. The van der Waals surface area contributed by atoms with Gasteiger partial charge >= 0.3 is 0 Å². The lowest BCUT2D eigenvalue weighted by Gasteiger charge is -2.02. The minimum absolute atomic E-state index is 0.375. The Hall–Kier alpha value is -1.25. The SMILES string of the molecule is C=C.CC(=O)C(C(C)=O)C(C)=O. The van der Waals surface area contributed by atoms with E-state index in [0.29, 0.717) is 0 Å². The van der Waals surface area contributed by atoms with Crippen LogP contribution in [0.4, 0.5) is 0 Å². The Kier molecular flexibility index (Phi) is 7.18. The maximum Gasteiger partial charge on any atom is 0.147 e. The zero-order valence-electron chi connectivity index (χ0n) is 7.72. The lowest BCUT2D eigenvalue weighted by atomic mass is 9.97. The summed E-state index contributed by atoms with van der Waals surface area (Å²) >= 11 is 0. The van der Waals surface area contributed by atoms with Gasteiger partial charge in [-0.05, 0) is 20.8 Å². The summed E-state index contributed by atoms with van der Waals surface area (Å²) in [5.41, 5.74) is 0. The van der Waals surface area contributed by atoms with E-state index >= 15 is 0 Å². The second-order valence-corrected chi connectivity index (χ2v) is 2.26. The van der Waals surface area contributed by atoms with Crippen molar-refractivity contribution in [1.82, 2.24) is 0 Å². The zero-order chi connectivity index (χ0) is 10.3. The highest BCUT2D eigenvalue weighted by molar-refractivity contribution is 6.17. The first kappa shape index (κ1) is 13.3. The normalized spacial score (nSPS) is 8.33. The quantitative estimate of drug-likeness (QED) is 0.472. The van der Waals surface area contributed by atoms with Gasteiger partial charge in [-0.1, -0.05) is 0 Å². The van der Waals surface area contributed by atoms with Gasteiger partial charge in [0.25, 0.3) is 0 Å². The molecule has 0 aromatic carbocycles. The number of Topliss-reactive ketones (excluding diaryl/α,β-unsaturated/α-hetero) is 3. The minimum Gasteiger partial charge on any atom is -0.299 e. The van der Waals surface area contributed by atoms with E-state index in [0.717, 1.165) is 0 Å². The number of carbonyl (C=O) groups excluding carboxylic acids is 3. The summed E-state index contributed by atoms with van der Waals surface area (Å²) in [7, 11) is 0. The van der Waals surface area contributed by atoms with Crippen molar-refractivity contribution in [1.29, 1.82) is 0 Å². The molecule has 0 saturated heterocycles. The number of rotatable bonds is 3. The van der Waals surface area contributed by atoms with Gasteiger partial charge in [0.05, 0.1) is 0 Å². The monoisotopic (exact) mass is 170 g/mol. The highest BCUT2D eigenvalue weighted by atomic mass is 16.2. The number of ketones is 3. The van der Waals surface area contributed by atoms with Gasteiger partial charge < -0.3 is 0 Å². The third-order valence-electron chi connectivity index (χ3n) is 1.22. The van der Waals surface area contributed by atoms with Gasteiger partial charge in [0.2, 0.25) is 0 Å². The fourth-order valence-corrected chi connectivity index (χ4v) is 0.859. The molecular weight excluding hydrogens is 156 g/mol. The van der Waals surface area contributed by atoms with Crippen molar-refractivity contribution < 1.29 is 14.4 Å². The van der Waals surface area contributed by atoms with Gasteiger partial charge in [-0.3, -0.25) is 14.4 Å². The second-order valence-electron chi connectivity index (χ2n) is 2.26. The number of hydrogen-bond donors (Lipinski definition) is 0. The molecule has 0 aromatic heterocycles. The molecular formula is C9H14O3. The van der Waals surface area contributed by atoms with Crippen LogP contribution in [0.1, 0.15) is 20.8 Å². The molecule has 0 radical (unpaired) electrons. The highest BCUT2D eigenvalue weighted by Crippen LogP contribution is 2.00. The van der Waals surface area contributed by atoms with Crippen LogP contribution in [0.5, 0.6) is 0 Å². The second kappa shape index (κ2) is 6.46. The molecule has 0 atom stereocenters. The van der Waals surface area contributed by atoms with E-state index in [1.54, 1.807) is 0 Å². The van der Waals surface area contributed by atoms with E-state index in [1.807, 2.05) is 0 Å². The molecule has 0 heterocycles. The van der Waals surface area contributed by atoms with Crippen LogP contribution in [-0.4, -0.2) is 17.3 Å². The van der Waals surface area contributed by atoms with Crippen LogP contribution >= 0.6 is 0 Å². The smallest absolute Gasteiger partial charge is 0.147 e. The van der Waals surface area contributed by atoms with Gasteiger partial charge in [0, 0.05) is 0 Å². The van der Waals surface area contributed by atoms with E-state index in [4.69, 9.17) is 0 Å². The molecule has 0 amide bonds. The molecule has 0 aromatic rings. The predicted molar refractivity (Wildman–Crippen MR) is 46.8 cm³/mol. The summed E-state index contributed by atoms with van der Waals surface area (Å²) in [6, 6.07) is 0. The fraction of sp³-hybridized carbons (Fsp3) is 0.444. The Bertz CT molecular complexity index is 161. The Morgan fingerprint density at radius 1 is 0.833 bits per heavy atom. The third-order valence-corrected chi connectivity index (χ3v) is 1.22. The summed E-state index contributed by atoms with van der Waals surface area (Å²) in [5, 5.41) is 0. The molecule has 0 aliphatic carbocycles. The highest BCUT2D eigenvalue weighted by Gasteiger charge is 2.23. The van der Waals surface area contributed by atoms with Crippen LogP contribution in [0.25, 0.3) is 0 Å². The molecule has 0 aliphatic heterocycles. The summed E-state index contributed by atoms with van der Waals surface area (Å²) < 4.78 is 0. The lowest BCUT2D eigenvalue weighted by Crippen LogP contribution is -2.26. The molecule has 68 valence electrons. The van der Waals surface area contributed by atoms with Crippen molar-refractivity contribution in [3.05, 3.63) is 13.2 Å². The molecule has 12 heavy (non-hydrogen) atoms. The first-order valence-corrected chi connectivity index (χ1v) is 3.48. The number of carbonyl (C=O) groups is 3. The molecule has 0 saturated carbocycles. The average Bonchev–Trinajstić information content (AvgIpc) is 1.88. The van der Waals surface area contributed by atoms with Crippen LogP contribution in [0.2, 0.25) is 0 Å². The minimum atomic E-state index is -1.03. The summed E-state index contributed by atoms with van der Waals surface area (Å²) in [4.78, 5) is 31.8. The summed E-state index contributed by atoms with van der Waals surface area (Å²) in [5.74, 6) is -2.15. The first-order chi connectivity index (χ1) is 5.46. The van der Waals surface area contributed by atoms with Crippen molar-refractivity contribution >= 4 is 17.3 Å². The van der Waals surface area contributed by atoms with Gasteiger partial charge in [0.1, 0.15) is 23.3 Å². The fourth-order valence-electron chi connectivity index (χ4n) is 0.859. The molecule has 0 spiro atoms. The Balaban J connectivity index is 0.